The van der Waals surface area contributed by atoms with Crippen molar-refractivity contribution in [3.63, 3.8) is 0 Å². The predicted molar refractivity (Wildman–Crippen MR) is 158 cm³/mol. The van der Waals surface area contributed by atoms with Crippen LogP contribution in [-0.2, 0) is 41.7 Å². The van der Waals surface area contributed by atoms with Gasteiger partial charge in [-0.3, -0.25) is 14.5 Å². The third-order valence-corrected chi connectivity index (χ3v) is 7.58. The number of carboxylic acid groups (broad SMARTS) is 1. The number of ether oxygens (including phenoxy) is 3. The summed E-state index contributed by atoms with van der Waals surface area (Å²) in [7, 11) is 0. The summed E-state index contributed by atoms with van der Waals surface area (Å²) in [5.74, 6) is -2.60. The Morgan fingerprint density at radius 3 is 2.48 bits per heavy atom. The molecule has 0 aromatic heterocycles. The van der Waals surface area contributed by atoms with Crippen LogP contribution in [0.25, 0.3) is 6.08 Å². The number of carbonyl (C=O) groups excluding carboxylic acids is 4. The summed E-state index contributed by atoms with van der Waals surface area (Å²) in [4.78, 5) is 68.2. The van der Waals surface area contributed by atoms with E-state index in [9.17, 15) is 29.1 Å². The topological polar surface area (TPSA) is 164 Å². The number of carbonyl (C=O) groups is 5. The van der Waals surface area contributed by atoms with Gasteiger partial charge in [0.25, 0.3) is 0 Å². The maximum Gasteiger partial charge on any atom is 0.410 e. The minimum Gasteiger partial charge on any atom is -0.480 e. The molecule has 13 nitrogen and oxygen atoms in total. The van der Waals surface area contributed by atoms with Gasteiger partial charge in [-0.15, -0.1) is 0 Å². The van der Waals surface area contributed by atoms with Gasteiger partial charge in [0.1, 0.15) is 29.8 Å². The molecule has 3 N–H and O–H groups in total. The Labute approximate surface area is 256 Å². The smallest absolute Gasteiger partial charge is 0.410 e. The van der Waals surface area contributed by atoms with Gasteiger partial charge in [-0.25, -0.2) is 14.4 Å². The number of nitrogens with zero attached hydrogens (tertiary/aromatic N) is 2. The molecule has 4 atom stereocenters. The second-order valence-corrected chi connectivity index (χ2v) is 13.4. The van der Waals surface area contributed by atoms with Crippen molar-refractivity contribution in [3.05, 3.63) is 41.0 Å². The van der Waals surface area contributed by atoms with Crippen molar-refractivity contribution in [2.75, 3.05) is 19.8 Å². The second kappa shape index (κ2) is 12.8. The summed E-state index contributed by atoms with van der Waals surface area (Å²) in [5.41, 5.74) is 1.10. The number of nitrogens with one attached hydrogen (secondary N) is 2. The molecular weight excluding hydrogens is 572 g/mol. The van der Waals surface area contributed by atoms with Crippen LogP contribution in [0.1, 0.15) is 64.7 Å². The number of aliphatic carboxylic acids is 1. The van der Waals surface area contributed by atoms with Gasteiger partial charge in [0.2, 0.25) is 11.8 Å². The summed E-state index contributed by atoms with van der Waals surface area (Å²) in [6.45, 7) is 10.6. The minimum absolute atomic E-state index is 0.0942. The van der Waals surface area contributed by atoms with E-state index in [0.717, 1.165) is 21.6 Å². The Bertz CT molecular complexity index is 1330. The highest BCUT2D eigenvalue weighted by molar-refractivity contribution is 5.94. The van der Waals surface area contributed by atoms with Gasteiger partial charge >= 0.3 is 18.2 Å². The lowest BCUT2D eigenvalue weighted by atomic mass is 9.85. The van der Waals surface area contributed by atoms with Crippen LogP contribution in [0, 0.1) is 5.41 Å². The fraction of sp³-hybridized carbons (Fsp3) is 0.581. The maximum atomic E-state index is 13.9. The van der Waals surface area contributed by atoms with E-state index in [2.05, 4.69) is 10.6 Å². The van der Waals surface area contributed by atoms with Gasteiger partial charge in [0.05, 0.1) is 26.3 Å². The molecule has 3 heterocycles. The summed E-state index contributed by atoms with van der Waals surface area (Å²) in [6.07, 6.45) is 1.24. The molecule has 0 unspecified atom stereocenters. The van der Waals surface area contributed by atoms with Crippen LogP contribution in [0.2, 0.25) is 0 Å². The lowest BCUT2D eigenvalue weighted by Crippen LogP contribution is -2.60. The first-order valence-electron chi connectivity index (χ1n) is 14.7. The molecule has 0 aliphatic carbocycles. The number of rotatable bonds is 2. The van der Waals surface area contributed by atoms with E-state index >= 15 is 0 Å². The van der Waals surface area contributed by atoms with Gasteiger partial charge in [0, 0.05) is 13.0 Å². The average Bonchev–Trinajstić information content (AvgIpc) is 3.53. The van der Waals surface area contributed by atoms with Gasteiger partial charge in [-0.1, -0.05) is 51.1 Å². The number of fused-ring (bicyclic) bond motifs is 3. The third-order valence-electron chi connectivity index (χ3n) is 7.58. The van der Waals surface area contributed by atoms with Crippen LogP contribution in [0.4, 0.5) is 9.59 Å². The molecule has 3 aliphatic rings. The molecule has 4 amide bonds. The molecule has 0 spiro atoms. The van der Waals surface area contributed by atoms with E-state index in [1.165, 1.54) is 4.90 Å². The standard InChI is InChI=1S/C31H42N4O9/c1-30(2,3)24-26(37)35-15-20(13-23(35)27(38)39)43-29(41)34-14-19-10-7-9-18(21(19)16-34)11-8-12-42-17-22(25(36)33-24)32-28(40)44-31(4,5)6/h7-11,20,22-24H,12-17H2,1-6H3,(H,32,40)(H,33,36)(H,38,39)/t20-,22+,23+,24-/m1/s1. The van der Waals surface area contributed by atoms with E-state index in [4.69, 9.17) is 14.2 Å². The minimum atomic E-state index is -1.26. The fourth-order valence-electron chi connectivity index (χ4n) is 5.43. The maximum absolute atomic E-state index is 13.9. The van der Waals surface area contributed by atoms with E-state index in [-0.39, 0.29) is 26.2 Å². The summed E-state index contributed by atoms with van der Waals surface area (Å²) in [5, 5.41) is 15.2. The molecule has 4 bridgehead atoms. The molecule has 0 radical (unpaired) electrons. The SMILES string of the molecule is CC(C)(C)OC(=O)N[C@H]1COCC=Cc2cccc3c2CN(C3)C(=O)O[C@@H]2C[C@@H](C(=O)O)N(C2)C(=O)[C@H](C(C)(C)C)NC1=O. The van der Waals surface area contributed by atoms with Crippen LogP contribution in [0.5, 0.6) is 0 Å². The van der Waals surface area contributed by atoms with Crippen LogP contribution in [0.15, 0.2) is 24.3 Å². The number of alkyl carbamates (subject to hydrolysis) is 1. The number of hydrogen-bond acceptors (Lipinski definition) is 8. The normalized spacial score (nSPS) is 25.0. The fourth-order valence-corrected chi connectivity index (χ4v) is 5.43. The first-order chi connectivity index (χ1) is 20.5. The Balaban J connectivity index is 1.67. The number of amides is 4. The number of benzene rings is 1. The molecule has 13 heteroatoms. The zero-order chi connectivity index (χ0) is 32.4. The summed E-state index contributed by atoms with van der Waals surface area (Å²) >= 11 is 0. The Kier molecular flexibility index (Phi) is 9.57. The van der Waals surface area contributed by atoms with Gasteiger partial charge in [-0.05, 0) is 42.9 Å². The molecule has 1 aromatic rings. The van der Waals surface area contributed by atoms with Crippen molar-refractivity contribution in [1.82, 2.24) is 20.4 Å². The molecule has 44 heavy (non-hydrogen) atoms. The van der Waals surface area contributed by atoms with Crippen molar-refractivity contribution in [3.8, 4) is 0 Å². The Hall–Kier alpha value is -4.13. The van der Waals surface area contributed by atoms with E-state index in [1.54, 1.807) is 47.6 Å². The zero-order valence-electron chi connectivity index (χ0n) is 26.0. The highest BCUT2D eigenvalue weighted by atomic mass is 16.6. The lowest BCUT2D eigenvalue weighted by Gasteiger charge is -2.35. The molecule has 240 valence electrons. The number of hydrogen-bond donors (Lipinski definition) is 3. The molecule has 4 rings (SSSR count). The first kappa shape index (κ1) is 32.8. The molecule has 3 aliphatic heterocycles. The van der Waals surface area contributed by atoms with Crippen molar-refractivity contribution in [2.24, 2.45) is 5.41 Å². The first-order valence-corrected chi connectivity index (χ1v) is 14.7. The molecule has 1 aromatic carbocycles. The van der Waals surface area contributed by atoms with Crippen LogP contribution >= 0.6 is 0 Å². The summed E-state index contributed by atoms with van der Waals surface area (Å²) < 4.78 is 16.8. The van der Waals surface area contributed by atoms with Crippen LogP contribution in [0.3, 0.4) is 0 Å². The Morgan fingerprint density at radius 2 is 1.82 bits per heavy atom. The van der Waals surface area contributed by atoms with E-state index in [0.29, 0.717) is 13.1 Å². The lowest BCUT2D eigenvalue weighted by molar-refractivity contribution is -0.151. The van der Waals surface area contributed by atoms with Crippen LogP contribution in [-0.4, -0.2) is 94.5 Å². The van der Waals surface area contributed by atoms with Crippen molar-refractivity contribution < 1.29 is 43.3 Å². The second-order valence-electron chi connectivity index (χ2n) is 13.4. The average molecular weight is 615 g/mol. The van der Waals surface area contributed by atoms with Gasteiger partial charge in [-0.2, -0.15) is 0 Å². The van der Waals surface area contributed by atoms with E-state index < -0.39 is 65.2 Å². The molecule has 1 saturated heterocycles. The van der Waals surface area contributed by atoms with Gasteiger partial charge in [0.15, 0.2) is 0 Å². The molecule has 1 fully saturated rings. The monoisotopic (exact) mass is 614 g/mol. The molecular formula is C31H42N4O9. The zero-order valence-corrected chi connectivity index (χ0v) is 26.0. The van der Waals surface area contributed by atoms with E-state index in [1.807, 2.05) is 24.3 Å². The van der Waals surface area contributed by atoms with Crippen LogP contribution < -0.4 is 10.6 Å². The largest absolute Gasteiger partial charge is 0.480 e. The summed E-state index contributed by atoms with van der Waals surface area (Å²) in [6, 6.07) is 2.06. The highest BCUT2D eigenvalue weighted by Crippen LogP contribution is 2.30. The highest BCUT2D eigenvalue weighted by Gasteiger charge is 2.47. The van der Waals surface area contributed by atoms with Crippen molar-refractivity contribution in [2.45, 2.75) is 90.9 Å². The third kappa shape index (κ3) is 7.87. The Morgan fingerprint density at radius 1 is 1.09 bits per heavy atom. The van der Waals surface area contributed by atoms with Crippen molar-refractivity contribution in [1.29, 1.82) is 0 Å². The number of carboxylic acids is 1. The van der Waals surface area contributed by atoms with Crippen molar-refractivity contribution >= 4 is 36.0 Å². The molecule has 0 saturated carbocycles. The predicted octanol–water partition coefficient (Wildman–Crippen LogP) is 2.66. The quantitative estimate of drug-likeness (QED) is 0.454. The van der Waals surface area contributed by atoms with Gasteiger partial charge < -0.3 is 34.9 Å².